The molecule has 1 aliphatic rings. The van der Waals surface area contributed by atoms with Gasteiger partial charge in [-0.25, -0.2) is 0 Å². The van der Waals surface area contributed by atoms with Gasteiger partial charge in [0.25, 0.3) is 5.91 Å². The summed E-state index contributed by atoms with van der Waals surface area (Å²) in [5.74, 6) is 0.806. The minimum Gasteiger partial charge on any atom is -0.493 e. The maximum Gasteiger partial charge on any atom is 0.255 e. The predicted octanol–water partition coefficient (Wildman–Crippen LogP) is 1.38. The zero-order valence-corrected chi connectivity index (χ0v) is 14.3. The van der Waals surface area contributed by atoms with Crippen molar-refractivity contribution in [1.82, 2.24) is 4.90 Å². The molecule has 1 amide bonds. The Morgan fingerprint density at radius 1 is 1.52 bits per heavy atom. The van der Waals surface area contributed by atoms with Gasteiger partial charge in [-0.05, 0) is 43.5 Å². The number of halogens is 1. The summed E-state index contributed by atoms with van der Waals surface area (Å²) in [6.07, 6.45) is 1.11. The summed E-state index contributed by atoms with van der Waals surface area (Å²) in [4.78, 5) is 13.2. The molecule has 7 heteroatoms. The quantitative estimate of drug-likeness (QED) is 0.782. The summed E-state index contributed by atoms with van der Waals surface area (Å²) < 4.78 is 10.7. The van der Waals surface area contributed by atoms with Crippen molar-refractivity contribution in [1.29, 1.82) is 0 Å². The van der Waals surface area contributed by atoms with Crippen LogP contribution in [0.1, 0.15) is 18.9 Å². The largest absolute Gasteiger partial charge is 0.493 e. The van der Waals surface area contributed by atoms with Crippen LogP contribution >= 0.6 is 11.6 Å². The highest BCUT2D eigenvalue weighted by Gasteiger charge is 2.25. The van der Waals surface area contributed by atoms with Crippen LogP contribution in [0.4, 0.5) is 0 Å². The van der Waals surface area contributed by atoms with E-state index in [2.05, 4.69) is 11.8 Å². The first-order chi connectivity index (χ1) is 10.9. The molecule has 1 aliphatic heterocycles. The fraction of sp³-hybridized carbons (Fsp3) is 0.562. The van der Waals surface area contributed by atoms with E-state index in [9.17, 15) is 4.79 Å². The lowest BCUT2D eigenvalue weighted by Gasteiger charge is -2.19. The molecule has 1 heterocycles. The number of primary amides is 1. The molecule has 4 N–H and O–H groups in total. The molecular weight excluding hydrogens is 318 g/mol. The molecule has 1 aromatic carbocycles. The molecule has 0 aliphatic carbocycles. The second kappa shape index (κ2) is 7.86. The molecule has 6 nitrogen and oxygen atoms in total. The number of benzene rings is 1. The van der Waals surface area contributed by atoms with Crippen molar-refractivity contribution in [2.24, 2.45) is 17.4 Å². The topological polar surface area (TPSA) is 90.8 Å². The number of hydrogen-bond donors (Lipinski definition) is 2. The normalized spacial score (nSPS) is 19.6. The lowest BCUT2D eigenvalue weighted by Crippen LogP contribution is -2.29. The van der Waals surface area contributed by atoms with Crippen molar-refractivity contribution >= 4 is 17.5 Å². The van der Waals surface area contributed by atoms with Crippen LogP contribution in [0.15, 0.2) is 12.1 Å². The summed E-state index contributed by atoms with van der Waals surface area (Å²) in [5, 5.41) is 0.406. The number of carbonyl (C=O) groups is 1. The van der Waals surface area contributed by atoms with E-state index in [-0.39, 0.29) is 12.6 Å². The molecule has 0 aromatic heterocycles. The number of amides is 1. The van der Waals surface area contributed by atoms with Crippen LogP contribution in [-0.2, 0) is 11.3 Å². The lowest BCUT2D eigenvalue weighted by molar-refractivity contribution is -0.119. The fourth-order valence-corrected chi connectivity index (χ4v) is 3.13. The fourth-order valence-electron chi connectivity index (χ4n) is 2.84. The van der Waals surface area contributed by atoms with Gasteiger partial charge >= 0.3 is 0 Å². The number of nitrogens with two attached hydrogens (primary N) is 2. The maximum absolute atomic E-state index is 10.9. The van der Waals surface area contributed by atoms with Crippen molar-refractivity contribution in [2.45, 2.75) is 25.9 Å². The number of carbonyl (C=O) groups excluding carboxylic acids is 1. The van der Waals surface area contributed by atoms with E-state index < -0.39 is 5.91 Å². The smallest absolute Gasteiger partial charge is 0.255 e. The van der Waals surface area contributed by atoms with Crippen molar-refractivity contribution in [2.75, 3.05) is 26.8 Å². The Balaban J connectivity index is 2.09. The Labute approximate surface area is 141 Å². The molecule has 2 atom stereocenters. The SMILES string of the molecule is COc1cc(CN2CCC(C(C)N)C2)cc(Cl)c1OCC(N)=O. The van der Waals surface area contributed by atoms with Crippen molar-refractivity contribution in [3.8, 4) is 11.5 Å². The van der Waals surface area contributed by atoms with Gasteiger partial charge in [0.05, 0.1) is 12.1 Å². The second-order valence-electron chi connectivity index (χ2n) is 6.01. The van der Waals surface area contributed by atoms with Crippen LogP contribution < -0.4 is 20.9 Å². The third-order valence-electron chi connectivity index (χ3n) is 4.11. The first kappa shape index (κ1) is 17.8. The molecule has 1 fully saturated rings. The number of nitrogens with zero attached hydrogens (tertiary/aromatic N) is 1. The summed E-state index contributed by atoms with van der Waals surface area (Å²) >= 11 is 6.27. The van der Waals surface area contributed by atoms with Gasteiger partial charge in [0.2, 0.25) is 0 Å². The Kier molecular flexibility index (Phi) is 6.10. The number of ether oxygens (including phenoxy) is 2. The second-order valence-corrected chi connectivity index (χ2v) is 6.41. The summed E-state index contributed by atoms with van der Waals surface area (Å²) in [6.45, 7) is 4.59. The van der Waals surface area contributed by atoms with Crippen molar-refractivity contribution in [3.63, 3.8) is 0 Å². The maximum atomic E-state index is 10.9. The number of likely N-dealkylation sites (tertiary alicyclic amines) is 1. The van der Waals surface area contributed by atoms with Gasteiger partial charge in [0.1, 0.15) is 0 Å². The summed E-state index contributed by atoms with van der Waals surface area (Å²) in [6, 6.07) is 3.92. The molecule has 0 radical (unpaired) electrons. The average Bonchev–Trinajstić information content (AvgIpc) is 2.94. The number of rotatable bonds is 7. The van der Waals surface area contributed by atoms with E-state index >= 15 is 0 Å². The third kappa shape index (κ3) is 4.73. The van der Waals surface area contributed by atoms with Crippen LogP contribution in [0.3, 0.4) is 0 Å². The minimum absolute atomic E-state index is 0.211. The molecule has 2 rings (SSSR count). The van der Waals surface area contributed by atoms with Crippen molar-refractivity contribution in [3.05, 3.63) is 22.7 Å². The van der Waals surface area contributed by atoms with Crippen molar-refractivity contribution < 1.29 is 14.3 Å². The van der Waals surface area contributed by atoms with Crippen LogP contribution in [0, 0.1) is 5.92 Å². The van der Waals surface area contributed by atoms with Gasteiger partial charge in [-0.1, -0.05) is 11.6 Å². The van der Waals surface area contributed by atoms with Crippen LogP contribution in [-0.4, -0.2) is 43.7 Å². The van der Waals surface area contributed by atoms with Crippen LogP contribution in [0.25, 0.3) is 0 Å². The Hall–Kier alpha value is -1.50. The zero-order chi connectivity index (χ0) is 17.0. The highest BCUT2D eigenvalue weighted by atomic mass is 35.5. The van der Waals surface area contributed by atoms with E-state index in [0.717, 1.165) is 31.6 Å². The van der Waals surface area contributed by atoms with Gasteiger partial charge in [0.15, 0.2) is 18.1 Å². The zero-order valence-electron chi connectivity index (χ0n) is 13.5. The van der Waals surface area contributed by atoms with Gasteiger partial charge in [-0.3, -0.25) is 9.69 Å². The predicted molar refractivity (Wildman–Crippen MR) is 89.7 cm³/mol. The third-order valence-corrected chi connectivity index (χ3v) is 4.39. The molecule has 0 bridgehead atoms. The Bertz CT molecular complexity index is 566. The molecule has 23 heavy (non-hydrogen) atoms. The number of hydrogen-bond acceptors (Lipinski definition) is 5. The van der Waals surface area contributed by atoms with Crippen LogP contribution in [0.5, 0.6) is 11.5 Å². The van der Waals surface area contributed by atoms with Gasteiger partial charge in [0, 0.05) is 19.1 Å². The van der Waals surface area contributed by atoms with E-state index in [1.165, 1.54) is 7.11 Å². The first-order valence-electron chi connectivity index (χ1n) is 7.66. The Morgan fingerprint density at radius 2 is 2.26 bits per heavy atom. The molecule has 1 aromatic rings. The average molecular weight is 342 g/mol. The number of methoxy groups -OCH3 is 1. The summed E-state index contributed by atoms with van der Waals surface area (Å²) in [7, 11) is 1.54. The van der Waals surface area contributed by atoms with Gasteiger partial charge in [-0.2, -0.15) is 0 Å². The summed E-state index contributed by atoms with van der Waals surface area (Å²) in [5.41, 5.74) is 12.1. The molecule has 128 valence electrons. The van der Waals surface area contributed by atoms with Crippen LogP contribution in [0.2, 0.25) is 5.02 Å². The first-order valence-corrected chi connectivity index (χ1v) is 8.04. The lowest BCUT2D eigenvalue weighted by atomic mass is 10.0. The van der Waals surface area contributed by atoms with E-state index in [1.807, 2.05) is 12.1 Å². The van der Waals surface area contributed by atoms with E-state index in [4.69, 9.17) is 32.5 Å². The molecular formula is C16H24ClN3O3. The standard InChI is InChI=1S/C16H24ClN3O3/c1-10(18)12-3-4-20(8-12)7-11-5-13(17)16(14(6-11)22-2)23-9-15(19)21/h5-6,10,12H,3-4,7-9,18H2,1-2H3,(H2,19,21). The highest BCUT2D eigenvalue weighted by molar-refractivity contribution is 6.32. The molecule has 2 unspecified atom stereocenters. The molecule has 1 saturated heterocycles. The Morgan fingerprint density at radius 3 is 2.83 bits per heavy atom. The molecule has 0 spiro atoms. The minimum atomic E-state index is -0.564. The van der Waals surface area contributed by atoms with Gasteiger partial charge in [-0.15, -0.1) is 0 Å². The van der Waals surface area contributed by atoms with Gasteiger partial charge < -0.3 is 20.9 Å². The monoisotopic (exact) mass is 341 g/mol. The van der Waals surface area contributed by atoms with E-state index in [1.54, 1.807) is 0 Å². The van der Waals surface area contributed by atoms with E-state index in [0.29, 0.717) is 22.4 Å². The molecule has 0 saturated carbocycles. The highest BCUT2D eigenvalue weighted by Crippen LogP contribution is 2.37.